The molecule has 238 valence electrons. The Morgan fingerprint density at radius 2 is 0.614 bits per heavy atom. The van der Waals surface area contributed by atoms with Crippen LogP contribution in [0.5, 0.6) is 0 Å². The third-order valence-electron chi connectivity index (χ3n) is 13.0. The van der Waals surface area contributed by atoms with Gasteiger partial charge < -0.3 is 0 Å². The van der Waals surface area contributed by atoms with Gasteiger partial charge in [-0.3, -0.25) is 0 Å². The second-order valence-corrected chi connectivity index (χ2v) is 15.8. The second-order valence-electron chi connectivity index (χ2n) is 15.8. The van der Waals surface area contributed by atoms with E-state index in [1.54, 1.807) is 0 Å². The first kappa shape index (κ1) is 29.3. The summed E-state index contributed by atoms with van der Waals surface area (Å²) in [6.45, 7) is 0. The SMILES string of the molecule is FC(F)(c1ccc(C23CC4CC(CC(C4)C2)C3)cc1)C(F)(F)C(F)(F)C(F)(F)c1ccc(C23CC4CC(CC(C4)C2)C3)cc1. The van der Waals surface area contributed by atoms with Crippen molar-refractivity contribution in [3.05, 3.63) is 70.8 Å². The summed E-state index contributed by atoms with van der Waals surface area (Å²) in [6, 6.07) is 8.23. The van der Waals surface area contributed by atoms with Crippen LogP contribution in [0.25, 0.3) is 0 Å². The van der Waals surface area contributed by atoms with Crippen LogP contribution in [0.15, 0.2) is 48.5 Å². The average molecular weight is 623 g/mol. The molecular formula is C36H38F8. The summed E-state index contributed by atoms with van der Waals surface area (Å²) in [4.78, 5) is 0. The van der Waals surface area contributed by atoms with Crippen molar-refractivity contribution < 1.29 is 35.1 Å². The van der Waals surface area contributed by atoms with Gasteiger partial charge in [0.25, 0.3) is 0 Å². The van der Waals surface area contributed by atoms with Crippen LogP contribution in [0.1, 0.15) is 99.3 Å². The first-order valence-electron chi connectivity index (χ1n) is 16.4. The maximum atomic E-state index is 15.3. The zero-order chi connectivity index (χ0) is 30.9. The minimum Gasteiger partial charge on any atom is -0.194 e. The zero-order valence-corrected chi connectivity index (χ0v) is 24.6. The summed E-state index contributed by atoms with van der Waals surface area (Å²) in [5.41, 5.74) is -1.71. The largest absolute Gasteiger partial charge is 0.382 e. The first-order valence-corrected chi connectivity index (χ1v) is 16.4. The third kappa shape index (κ3) is 3.99. The van der Waals surface area contributed by atoms with Gasteiger partial charge in [-0.1, -0.05) is 48.5 Å². The fourth-order valence-electron chi connectivity index (χ4n) is 11.8. The first-order chi connectivity index (χ1) is 20.6. The van der Waals surface area contributed by atoms with Gasteiger partial charge >= 0.3 is 23.7 Å². The molecule has 0 amide bonds. The van der Waals surface area contributed by atoms with Crippen molar-refractivity contribution >= 4 is 0 Å². The van der Waals surface area contributed by atoms with Gasteiger partial charge in [0.2, 0.25) is 0 Å². The van der Waals surface area contributed by atoms with Crippen molar-refractivity contribution in [1.82, 2.24) is 0 Å². The predicted octanol–water partition coefficient (Wildman–Crippen LogP) is 10.8. The van der Waals surface area contributed by atoms with Crippen LogP contribution >= 0.6 is 0 Å². The highest BCUT2D eigenvalue weighted by Gasteiger charge is 2.81. The molecule has 44 heavy (non-hydrogen) atoms. The highest BCUT2D eigenvalue weighted by atomic mass is 19.4. The molecule has 0 aromatic heterocycles. The molecule has 8 saturated carbocycles. The van der Waals surface area contributed by atoms with Crippen LogP contribution in [0.2, 0.25) is 0 Å². The third-order valence-corrected chi connectivity index (χ3v) is 13.0. The Labute approximate surface area is 253 Å². The van der Waals surface area contributed by atoms with E-state index in [1.165, 1.54) is 24.3 Å². The van der Waals surface area contributed by atoms with Crippen molar-refractivity contribution in [1.29, 1.82) is 0 Å². The van der Waals surface area contributed by atoms with Crippen LogP contribution in [0.3, 0.4) is 0 Å². The Morgan fingerprint density at radius 1 is 0.386 bits per heavy atom. The Morgan fingerprint density at radius 3 is 0.841 bits per heavy atom. The molecule has 0 radical (unpaired) electrons. The normalized spacial score (nSPS) is 38.0. The molecule has 8 aliphatic rings. The highest BCUT2D eigenvalue weighted by Crippen LogP contribution is 2.63. The number of rotatable bonds is 7. The minimum atomic E-state index is -6.36. The van der Waals surface area contributed by atoms with E-state index in [4.69, 9.17) is 0 Å². The predicted molar refractivity (Wildman–Crippen MR) is 150 cm³/mol. The van der Waals surface area contributed by atoms with Gasteiger partial charge in [-0.15, -0.1) is 0 Å². The number of hydrogen-bond acceptors (Lipinski definition) is 0. The molecule has 0 atom stereocenters. The van der Waals surface area contributed by atoms with E-state index < -0.39 is 34.8 Å². The van der Waals surface area contributed by atoms with Crippen molar-refractivity contribution in [3.63, 3.8) is 0 Å². The molecule has 0 spiro atoms. The molecule has 0 saturated heterocycles. The van der Waals surface area contributed by atoms with E-state index in [1.807, 2.05) is 0 Å². The number of hydrogen-bond donors (Lipinski definition) is 0. The average Bonchev–Trinajstić information content (AvgIpc) is 2.96. The van der Waals surface area contributed by atoms with E-state index >= 15 is 35.1 Å². The summed E-state index contributed by atoms with van der Waals surface area (Å²) in [5, 5.41) is 0. The lowest BCUT2D eigenvalue weighted by Crippen LogP contribution is -2.59. The number of alkyl halides is 8. The van der Waals surface area contributed by atoms with Gasteiger partial charge in [0.15, 0.2) is 0 Å². The molecule has 0 heterocycles. The van der Waals surface area contributed by atoms with E-state index in [0.717, 1.165) is 112 Å². The maximum Gasteiger partial charge on any atom is 0.382 e. The van der Waals surface area contributed by atoms with Gasteiger partial charge in [0.1, 0.15) is 0 Å². The lowest BCUT2D eigenvalue weighted by molar-refractivity contribution is -0.374. The molecule has 0 aliphatic heterocycles. The molecule has 0 unspecified atom stereocenters. The Bertz CT molecular complexity index is 1240. The van der Waals surface area contributed by atoms with E-state index in [2.05, 4.69) is 0 Å². The standard InChI is InChI=1S/C36H38F8/c37-33(38,29-5-1-27(2-6-29)31-15-21-9-22(16-31)11-23(10-21)17-31)35(41,42)36(43,44)34(39,40)30-7-3-28(4-8-30)32-18-24-12-25(19-32)14-26(13-24)20-32/h1-8,21-26H,9-20H2. The van der Waals surface area contributed by atoms with Crippen LogP contribution in [0.4, 0.5) is 35.1 Å². The van der Waals surface area contributed by atoms with Gasteiger partial charge in [-0.25, -0.2) is 0 Å². The molecule has 8 bridgehead atoms. The summed E-state index contributed by atoms with van der Waals surface area (Å²) in [5.74, 6) is -20.5. The second kappa shape index (κ2) is 9.24. The lowest BCUT2D eigenvalue weighted by Gasteiger charge is -2.57. The van der Waals surface area contributed by atoms with Crippen LogP contribution < -0.4 is 0 Å². The Balaban J connectivity index is 1.05. The van der Waals surface area contributed by atoms with Crippen LogP contribution in [-0.4, -0.2) is 11.8 Å². The van der Waals surface area contributed by atoms with Gasteiger partial charge in [-0.05, 0) is 135 Å². The van der Waals surface area contributed by atoms with Gasteiger partial charge in [0, 0.05) is 11.1 Å². The molecule has 8 fully saturated rings. The van der Waals surface area contributed by atoms with Crippen molar-refractivity contribution in [3.8, 4) is 0 Å². The topological polar surface area (TPSA) is 0 Å². The summed E-state index contributed by atoms with van der Waals surface area (Å²) < 4.78 is 122. The van der Waals surface area contributed by atoms with Crippen LogP contribution in [-0.2, 0) is 22.7 Å². The summed E-state index contributed by atoms with van der Waals surface area (Å²) in [7, 11) is 0. The lowest BCUT2D eigenvalue weighted by atomic mass is 9.48. The smallest absolute Gasteiger partial charge is 0.194 e. The molecule has 0 N–H and O–H groups in total. The fourth-order valence-corrected chi connectivity index (χ4v) is 11.8. The minimum absolute atomic E-state index is 0.218. The number of benzene rings is 2. The monoisotopic (exact) mass is 622 g/mol. The Hall–Kier alpha value is -2.12. The van der Waals surface area contributed by atoms with Gasteiger partial charge in [0.05, 0.1) is 0 Å². The van der Waals surface area contributed by atoms with E-state index in [-0.39, 0.29) is 10.8 Å². The van der Waals surface area contributed by atoms with E-state index in [9.17, 15) is 0 Å². The molecule has 8 aliphatic carbocycles. The fraction of sp³-hybridized carbons (Fsp3) is 0.667. The zero-order valence-electron chi connectivity index (χ0n) is 24.6. The van der Waals surface area contributed by atoms with Crippen molar-refractivity contribution in [2.75, 3.05) is 0 Å². The summed E-state index contributed by atoms with van der Waals surface area (Å²) >= 11 is 0. The van der Waals surface area contributed by atoms with Crippen LogP contribution in [0, 0.1) is 35.5 Å². The van der Waals surface area contributed by atoms with Crippen molar-refractivity contribution in [2.24, 2.45) is 35.5 Å². The van der Waals surface area contributed by atoms with Gasteiger partial charge in [-0.2, -0.15) is 35.1 Å². The number of halogens is 8. The molecule has 10 rings (SSSR count). The molecule has 2 aromatic rings. The highest BCUT2D eigenvalue weighted by molar-refractivity contribution is 5.37. The molecule has 8 heteroatoms. The Kier molecular flexibility index (Phi) is 6.15. The summed E-state index contributed by atoms with van der Waals surface area (Å²) in [6.07, 6.45) is 12.3. The molecule has 2 aromatic carbocycles. The quantitative estimate of drug-likeness (QED) is 0.270. The van der Waals surface area contributed by atoms with E-state index in [0.29, 0.717) is 35.5 Å². The molecular weight excluding hydrogens is 584 g/mol. The molecule has 0 nitrogen and oxygen atoms in total. The van der Waals surface area contributed by atoms with Crippen molar-refractivity contribution in [2.45, 2.75) is 112 Å². The maximum absolute atomic E-state index is 15.3.